The van der Waals surface area contributed by atoms with Crippen molar-refractivity contribution in [1.82, 2.24) is 9.88 Å². The number of fused-ring (bicyclic) bond motifs is 1. The maximum Gasteiger partial charge on any atom is 0.416 e. The van der Waals surface area contributed by atoms with Gasteiger partial charge in [-0.15, -0.1) is 0 Å². The fourth-order valence-corrected chi connectivity index (χ4v) is 5.61. The number of hydrogen-bond acceptors (Lipinski definition) is 3. The molecule has 1 aliphatic rings. The van der Waals surface area contributed by atoms with E-state index < -0.39 is 11.7 Å². The van der Waals surface area contributed by atoms with Gasteiger partial charge < -0.3 is 14.6 Å². The molecule has 3 aromatic rings. The molecule has 10 heteroatoms. The molecule has 4 rings (SSSR count). The van der Waals surface area contributed by atoms with Crippen molar-refractivity contribution in [2.75, 3.05) is 7.11 Å². The number of aryl methyl sites for hydroxylation is 2. The van der Waals surface area contributed by atoms with E-state index in [0.29, 0.717) is 58.4 Å². The molecule has 0 saturated heterocycles. The smallest absolute Gasteiger partial charge is 0.416 e. The van der Waals surface area contributed by atoms with Gasteiger partial charge in [-0.1, -0.05) is 23.2 Å². The highest BCUT2D eigenvalue weighted by Gasteiger charge is 2.32. The highest BCUT2D eigenvalue weighted by atomic mass is 35.5. The summed E-state index contributed by atoms with van der Waals surface area (Å²) in [5.74, 6) is -0.721. The normalized spacial score (nSPS) is 18.2. The van der Waals surface area contributed by atoms with Gasteiger partial charge in [0.05, 0.1) is 29.2 Å². The van der Waals surface area contributed by atoms with Crippen LogP contribution in [0.15, 0.2) is 30.3 Å². The lowest BCUT2D eigenvalue weighted by Crippen LogP contribution is -2.39. The van der Waals surface area contributed by atoms with Crippen LogP contribution in [0.4, 0.5) is 13.2 Å². The number of nitrogens with one attached hydrogen (secondary N) is 1. The molecule has 5 nitrogen and oxygen atoms in total. The number of esters is 1. The Labute approximate surface area is 222 Å². The highest BCUT2D eigenvalue weighted by Crippen LogP contribution is 2.36. The number of hydrogen-bond donors (Lipinski definition) is 1. The summed E-state index contributed by atoms with van der Waals surface area (Å²) in [6, 6.07) is 7.16. The number of ether oxygens (including phenoxy) is 1. The van der Waals surface area contributed by atoms with Gasteiger partial charge in [-0.2, -0.15) is 13.2 Å². The lowest BCUT2D eigenvalue weighted by molar-refractivity contribution is -0.146. The molecule has 1 N–H and O–H groups in total. The molecule has 1 aliphatic carbocycles. The van der Waals surface area contributed by atoms with E-state index in [1.165, 1.54) is 7.11 Å². The maximum absolute atomic E-state index is 13.3. The zero-order valence-electron chi connectivity index (χ0n) is 20.6. The summed E-state index contributed by atoms with van der Waals surface area (Å²) in [6.07, 6.45) is -1.65. The SMILES string of the molecule is COC(=O)[C@H]1CC[C@@H](NC(=O)c2ccc(Cl)c(Cc3cc4c(C)cc(C(F)(F)F)cc4n3C)c2Cl)CC1. The first-order valence-corrected chi connectivity index (χ1v) is 12.7. The van der Waals surface area contributed by atoms with Crippen LogP contribution in [-0.2, 0) is 29.2 Å². The second-order valence-electron chi connectivity index (χ2n) is 9.53. The van der Waals surface area contributed by atoms with Crippen molar-refractivity contribution in [1.29, 1.82) is 0 Å². The van der Waals surface area contributed by atoms with E-state index in [2.05, 4.69) is 5.32 Å². The molecule has 0 bridgehead atoms. The van der Waals surface area contributed by atoms with E-state index >= 15 is 0 Å². The predicted molar refractivity (Wildman–Crippen MR) is 137 cm³/mol. The number of carbonyl (C=O) groups is 2. The summed E-state index contributed by atoms with van der Waals surface area (Å²) >= 11 is 13.1. The topological polar surface area (TPSA) is 60.3 Å². The predicted octanol–water partition coefficient (Wildman–Crippen LogP) is 6.86. The number of methoxy groups -OCH3 is 1. The quantitative estimate of drug-likeness (QED) is 0.350. The molecular formula is C27H27Cl2F3N2O3. The molecule has 1 aromatic heterocycles. The average molecular weight is 555 g/mol. The van der Waals surface area contributed by atoms with Crippen molar-refractivity contribution < 1.29 is 27.5 Å². The molecule has 0 unspecified atom stereocenters. The van der Waals surface area contributed by atoms with E-state index in [0.717, 1.165) is 12.1 Å². The summed E-state index contributed by atoms with van der Waals surface area (Å²) in [5.41, 5.74) is 1.75. The van der Waals surface area contributed by atoms with Crippen LogP contribution in [0.3, 0.4) is 0 Å². The Hall–Kier alpha value is -2.71. The van der Waals surface area contributed by atoms with E-state index in [1.807, 2.05) is 6.07 Å². The number of halogens is 5. The second-order valence-corrected chi connectivity index (χ2v) is 10.3. The summed E-state index contributed by atoms with van der Waals surface area (Å²) in [4.78, 5) is 24.8. The number of nitrogens with zero attached hydrogens (tertiary/aromatic N) is 1. The maximum atomic E-state index is 13.3. The van der Waals surface area contributed by atoms with Crippen molar-refractivity contribution in [2.45, 2.75) is 51.2 Å². The Morgan fingerprint density at radius 1 is 1.11 bits per heavy atom. The van der Waals surface area contributed by atoms with Gasteiger partial charge in [0.25, 0.3) is 5.91 Å². The third-order valence-corrected chi connectivity index (χ3v) is 7.97. The molecule has 37 heavy (non-hydrogen) atoms. The Morgan fingerprint density at radius 3 is 2.41 bits per heavy atom. The van der Waals surface area contributed by atoms with Crippen LogP contribution in [0.5, 0.6) is 0 Å². The van der Waals surface area contributed by atoms with E-state index in [-0.39, 0.29) is 40.8 Å². The number of amides is 1. The van der Waals surface area contributed by atoms with Gasteiger partial charge in [-0.05, 0) is 74.1 Å². The standard InChI is InChI=1S/C27H27Cl2F3N2O3/c1-14-10-16(27(30,31)32)11-23-20(14)12-18(34(23)2)13-21-22(28)9-8-19(24(21)29)25(35)33-17-6-4-15(5-7-17)26(36)37-3/h8-12,15,17H,4-7,13H2,1-3H3,(H,33,35)/t15-,17+. The van der Waals surface area contributed by atoms with Crippen LogP contribution in [0.25, 0.3) is 10.9 Å². The highest BCUT2D eigenvalue weighted by molar-refractivity contribution is 6.38. The van der Waals surface area contributed by atoms with Gasteiger partial charge in [-0.3, -0.25) is 9.59 Å². The minimum atomic E-state index is -4.45. The summed E-state index contributed by atoms with van der Waals surface area (Å²) in [6.45, 7) is 1.64. The average Bonchev–Trinajstić information content (AvgIpc) is 3.17. The van der Waals surface area contributed by atoms with Crippen molar-refractivity contribution in [3.63, 3.8) is 0 Å². The zero-order chi connectivity index (χ0) is 27.1. The van der Waals surface area contributed by atoms with E-state index in [9.17, 15) is 22.8 Å². The monoisotopic (exact) mass is 554 g/mol. The Balaban J connectivity index is 1.57. The van der Waals surface area contributed by atoms with Crippen molar-refractivity contribution in [3.05, 3.63) is 68.3 Å². The molecule has 1 amide bonds. The number of aromatic nitrogens is 1. The molecule has 0 radical (unpaired) electrons. The van der Waals surface area contributed by atoms with Crippen molar-refractivity contribution >= 4 is 46.0 Å². The minimum absolute atomic E-state index is 0.0902. The van der Waals surface area contributed by atoms with Crippen molar-refractivity contribution in [2.24, 2.45) is 13.0 Å². The number of carbonyl (C=O) groups excluding carboxylic acids is 2. The summed E-state index contributed by atoms with van der Waals surface area (Å²) in [7, 11) is 3.07. The first-order valence-electron chi connectivity index (χ1n) is 11.9. The molecular weight excluding hydrogens is 528 g/mol. The van der Waals surface area contributed by atoms with Gasteiger partial charge >= 0.3 is 12.1 Å². The van der Waals surface area contributed by atoms with Crippen LogP contribution in [0.2, 0.25) is 10.0 Å². The minimum Gasteiger partial charge on any atom is -0.469 e. The molecule has 1 fully saturated rings. The first kappa shape index (κ1) is 27.3. The molecule has 0 spiro atoms. The molecule has 2 aromatic carbocycles. The molecule has 1 heterocycles. The van der Waals surface area contributed by atoms with Gasteiger partial charge in [0.2, 0.25) is 0 Å². The van der Waals surface area contributed by atoms with Gasteiger partial charge in [-0.25, -0.2) is 0 Å². The van der Waals surface area contributed by atoms with Gasteiger partial charge in [0, 0.05) is 41.1 Å². The third-order valence-electron chi connectivity index (χ3n) is 7.18. The number of benzene rings is 2. The fourth-order valence-electron chi connectivity index (χ4n) is 5.02. The van der Waals surface area contributed by atoms with E-state index in [4.69, 9.17) is 27.9 Å². The van der Waals surface area contributed by atoms with Crippen LogP contribution in [0.1, 0.15) is 58.4 Å². The number of alkyl halides is 3. The Kier molecular flexibility index (Phi) is 7.81. The van der Waals surface area contributed by atoms with Crippen LogP contribution in [-0.4, -0.2) is 29.6 Å². The third kappa shape index (κ3) is 5.60. The second kappa shape index (κ2) is 10.6. The van der Waals surface area contributed by atoms with Crippen LogP contribution in [0, 0.1) is 12.8 Å². The molecule has 1 saturated carbocycles. The Morgan fingerprint density at radius 2 is 1.78 bits per heavy atom. The van der Waals surface area contributed by atoms with Crippen LogP contribution < -0.4 is 5.32 Å². The van der Waals surface area contributed by atoms with Gasteiger partial charge in [0.1, 0.15) is 0 Å². The summed E-state index contributed by atoms with van der Waals surface area (Å²) in [5, 5.41) is 4.26. The molecule has 198 valence electrons. The van der Waals surface area contributed by atoms with Crippen LogP contribution >= 0.6 is 23.2 Å². The Bertz CT molecular complexity index is 1360. The molecule has 0 atom stereocenters. The fraction of sp³-hybridized carbons (Fsp3) is 0.407. The lowest BCUT2D eigenvalue weighted by atomic mass is 9.86. The first-order chi connectivity index (χ1) is 17.4. The van der Waals surface area contributed by atoms with E-state index in [1.54, 1.807) is 30.7 Å². The zero-order valence-corrected chi connectivity index (χ0v) is 22.2. The molecule has 0 aliphatic heterocycles. The van der Waals surface area contributed by atoms with Crippen molar-refractivity contribution in [3.8, 4) is 0 Å². The lowest BCUT2D eigenvalue weighted by Gasteiger charge is -2.27. The number of rotatable bonds is 5. The largest absolute Gasteiger partial charge is 0.469 e. The van der Waals surface area contributed by atoms with Gasteiger partial charge in [0.15, 0.2) is 0 Å². The summed E-state index contributed by atoms with van der Waals surface area (Å²) < 4.78 is 46.5.